The van der Waals surface area contributed by atoms with E-state index in [1.54, 1.807) is 22.8 Å². The van der Waals surface area contributed by atoms with Crippen LogP contribution in [-0.4, -0.2) is 60.3 Å². The molecule has 1 aromatic carbocycles. The van der Waals surface area contributed by atoms with Gasteiger partial charge in [0.2, 0.25) is 5.91 Å². The summed E-state index contributed by atoms with van der Waals surface area (Å²) < 4.78 is 11.1. The highest BCUT2D eigenvalue weighted by Crippen LogP contribution is 2.20. The van der Waals surface area contributed by atoms with Crippen LogP contribution in [0.3, 0.4) is 0 Å². The Morgan fingerprint density at radius 2 is 1.89 bits per heavy atom. The first kappa shape index (κ1) is 20.1. The van der Waals surface area contributed by atoms with Crippen LogP contribution in [0.25, 0.3) is 0 Å². The van der Waals surface area contributed by atoms with Crippen LogP contribution in [0.5, 0.6) is 0 Å². The van der Waals surface area contributed by atoms with Gasteiger partial charge in [0.25, 0.3) is 0 Å². The number of carbonyl (C=O) groups excluding carboxylic acids is 3. The fourth-order valence-corrected chi connectivity index (χ4v) is 2.54. The third-order valence-electron chi connectivity index (χ3n) is 3.74. The number of methoxy groups -OCH3 is 2. The van der Waals surface area contributed by atoms with E-state index in [9.17, 15) is 14.4 Å². The number of hydrogen-bond donors (Lipinski definition) is 1. The molecule has 0 bridgehead atoms. The summed E-state index contributed by atoms with van der Waals surface area (Å²) in [5, 5.41) is 6.74. The highest BCUT2D eigenvalue weighted by molar-refractivity contribution is 6.03. The number of amides is 1. The minimum atomic E-state index is -0.620. The molecule has 0 fully saturated rings. The molecule has 0 saturated heterocycles. The van der Waals surface area contributed by atoms with E-state index in [-0.39, 0.29) is 29.3 Å². The van der Waals surface area contributed by atoms with Crippen LogP contribution in [0.2, 0.25) is 0 Å². The lowest BCUT2D eigenvalue weighted by molar-refractivity contribution is -0.117. The second-order valence-corrected chi connectivity index (χ2v) is 5.99. The van der Waals surface area contributed by atoms with E-state index in [0.717, 1.165) is 5.56 Å². The van der Waals surface area contributed by atoms with Crippen LogP contribution >= 0.6 is 0 Å². The zero-order chi connectivity index (χ0) is 20.0. The number of aryl methyl sites for hydroxylation is 1. The number of rotatable bonds is 7. The average molecular weight is 374 g/mol. The number of hydrogen-bond acceptors (Lipinski definition) is 7. The molecule has 0 aliphatic rings. The Morgan fingerprint density at radius 3 is 2.48 bits per heavy atom. The molecule has 0 aliphatic heterocycles. The summed E-state index contributed by atoms with van der Waals surface area (Å²) in [6.07, 6.45) is 3.59. The molecule has 27 heavy (non-hydrogen) atoms. The van der Waals surface area contributed by atoms with Gasteiger partial charge in [-0.2, -0.15) is 5.10 Å². The first-order valence-electron chi connectivity index (χ1n) is 8.10. The molecule has 0 atom stereocenters. The van der Waals surface area contributed by atoms with E-state index in [1.165, 1.54) is 32.4 Å². The van der Waals surface area contributed by atoms with Gasteiger partial charge in [0.15, 0.2) is 0 Å². The molecule has 1 amide bonds. The highest BCUT2D eigenvalue weighted by Gasteiger charge is 2.18. The number of likely N-dealkylation sites (N-methyl/N-ethyl adjacent to an activating group) is 1. The summed E-state index contributed by atoms with van der Waals surface area (Å²) in [6, 6.07) is 4.23. The summed E-state index contributed by atoms with van der Waals surface area (Å²) in [6.45, 7) is 0.616. The second kappa shape index (κ2) is 8.95. The Balaban J connectivity index is 2.12. The number of carbonyl (C=O) groups is 3. The van der Waals surface area contributed by atoms with Gasteiger partial charge in [0.05, 0.1) is 43.8 Å². The van der Waals surface area contributed by atoms with Crippen molar-refractivity contribution in [1.29, 1.82) is 0 Å². The van der Waals surface area contributed by atoms with Crippen LogP contribution in [0.15, 0.2) is 30.6 Å². The number of aromatic nitrogens is 2. The molecule has 144 valence electrons. The lowest BCUT2D eigenvalue weighted by atomic mass is 10.1. The van der Waals surface area contributed by atoms with Crippen molar-refractivity contribution in [3.05, 3.63) is 47.3 Å². The van der Waals surface area contributed by atoms with Gasteiger partial charge in [-0.3, -0.25) is 14.4 Å². The number of anilines is 1. The second-order valence-electron chi connectivity index (χ2n) is 5.99. The zero-order valence-electron chi connectivity index (χ0n) is 15.7. The van der Waals surface area contributed by atoms with Gasteiger partial charge in [-0.25, -0.2) is 9.59 Å². The summed E-state index contributed by atoms with van der Waals surface area (Å²) in [7, 11) is 6.10. The molecule has 0 spiro atoms. The largest absolute Gasteiger partial charge is 0.465 e. The number of nitrogens with zero attached hydrogens (tertiary/aromatic N) is 3. The molecular weight excluding hydrogens is 352 g/mol. The minimum Gasteiger partial charge on any atom is -0.465 e. The van der Waals surface area contributed by atoms with Crippen molar-refractivity contribution in [2.75, 3.05) is 33.1 Å². The molecular formula is C18H22N4O5. The summed E-state index contributed by atoms with van der Waals surface area (Å²) >= 11 is 0. The SMILES string of the molecule is COC(=O)c1ccc(C(=O)OC)c(NC(=O)CN(C)Cc2cnn(C)c2)c1. The van der Waals surface area contributed by atoms with E-state index in [1.807, 2.05) is 13.2 Å². The monoisotopic (exact) mass is 374 g/mol. The number of ether oxygens (including phenoxy) is 2. The van der Waals surface area contributed by atoms with E-state index < -0.39 is 11.9 Å². The molecule has 2 aromatic rings. The molecule has 0 radical (unpaired) electrons. The van der Waals surface area contributed by atoms with Gasteiger partial charge in [-0.05, 0) is 25.2 Å². The first-order valence-corrected chi connectivity index (χ1v) is 8.10. The Bertz CT molecular complexity index is 846. The van der Waals surface area contributed by atoms with E-state index >= 15 is 0 Å². The fourth-order valence-electron chi connectivity index (χ4n) is 2.54. The maximum absolute atomic E-state index is 12.4. The van der Waals surface area contributed by atoms with Crippen LogP contribution < -0.4 is 5.32 Å². The molecule has 1 N–H and O–H groups in total. The van der Waals surface area contributed by atoms with Crippen LogP contribution in [0.1, 0.15) is 26.3 Å². The smallest absolute Gasteiger partial charge is 0.339 e. The normalized spacial score (nSPS) is 10.6. The van der Waals surface area contributed by atoms with Crippen molar-refractivity contribution in [2.24, 2.45) is 7.05 Å². The molecule has 0 unspecified atom stereocenters. The van der Waals surface area contributed by atoms with Crippen molar-refractivity contribution in [3.63, 3.8) is 0 Å². The van der Waals surface area contributed by atoms with Crippen molar-refractivity contribution >= 4 is 23.5 Å². The van der Waals surface area contributed by atoms with Gasteiger partial charge in [0, 0.05) is 25.4 Å². The summed E-state index contributed by atoms with van der Waals surface area (Å²) in [4.78, 5) is 37.8. The Kier molecular flexibility index (Phi) is 6.67. The summed E-state index contributed by atoms with van der Waals surface area (Å²) in [5.41, 5.74) is 1.51. The number of benzene rings is 1. The van der Waals surface area contributed by atoms with Gasteiger partial charge in [-0.15, -0.1) is 0 Å². The summed E-state index contributed by atoms with van der Waals surface area (Å²) in [5.74, 6) is -1.53. The lowest BCUT2D eigenvalue weighted by Gasteiger charge is -2.16. The van der Waals surface area contributed by atoms with Crippen LogP contribution in [0, 0.1) is 0 Å². The van der Waals surface area contributed by atoms with E-state index in [0.29, 0.717) is 6.54 Å². The minimum absolute atomic E-state index is 0.0813. The predicted molar refractivity (Wildman–Crippen MR) is 97.3 cm³/mol. The van der Waals surface area contributed by atoms with E-state index in [4.69, 9.17) is 4.74 Å². The van der Waals surface area contributed by atoms with Crippen LogP contribution in [0.4, 0.5) is 5.69 Å². The van der Waals surface area contributed by atoms with Gasteiger partial charge in [0.1, 0.15) is 0 Å². The molecule has 1 heterocycles. The first-order chi connectivity index (χ1) is 12.8. The molecule has 9 nitrogen and oxygen atoms in total. The maximum Gasteiger partial charge on any atom is 0.339 e. The third kappa shape index (κ3) is 5.38. The Labute approximate surface area is 156 Å². The van der Waals surface area contributed by atoms with Gasteiger partial charge in [-0.1, -0.05) is 0 Å². The standard InChI is InChI=1S/C18H22N4O5/c1-21(9-12-8-19-22(2)10-12)11-16(23)20-15-7-13(17(24)26-3)5-6-14(15)18(25)27-4/h5-8,10H,9,11H2,1-4H3,(H,20,23). The van der Waals surface area contributed by atoms with Crippen LogP contribution in [-0.2, 0) is 27.9 Å². The predicted octanol–water partition coefficient (Wildman–Crippen LogP) is 1.06. The van der Waals surface area contributed by atoms with Gasteiger partial charge < -0.3 is 14.8 Å². The molecule has 2 rings (SSSR count). The Hall–Kier alpha value is -3.20. The average Bonchev–Trinajstić information content (AvgIpc) is 3.04. The van der Waals surface area contributed by atoms with Crippen molar-refractivity contribution < 1.29 is 23.9 Å². The lowest BCUT2D eigenvalue weighted by Crippen LogP contribution is -2.30. The topological polar surface area (TPSA) is 103 Å². The highest BCUT2D eigenvalue weighted by atomic mass is 16.5. The van der Waals surface area contributed by atoms with Crippen molar-refractivity contribution in [3.8, 4) is 0 Å². The fraction of sp³-hybridized carbons (Fsp3) is 0.333. The van der Waals surface area contributed by atoms with Crippen molar-refractivity contribution in [2.45, 2.75) is 6.54 Å². The molecule has 9 heteroatoms. The van der Waals surface area contributed by atoms with Crippen molar-refractivity contribution in [1.82, 2.24) is 14.7 Å². The Morgan fingerprint density at radius 1 is 1.19 bits per heavy atom. The molecule has 0 saturated carbocycles. The molecule has 0 aliphatic carbocycles. The van der Waals surface area contributed by atoms with E-state index in [2.05, 4.69) is 15.2 Å². The number of esters is 2. The van der Waals surface area contributed by atoms with Gasteiger partial charge >= 0.3 is 11.9 Å². The third-order valence-corrected chi connectivity index (χ3v) is 3.74. The zero-order valence-corrected chi connectivity index (χ0v) is 15.7. The quantitative estimate of drug-likeness (QED) is 0.723. The molecule has 1 aromatic heterocycles. The maximum atomic E-state index is 12.4. The number of nitrogens with one attached hydrogen (secondary N) is 1.